The molecule has 0 fully saturated rings. The van der Waals surface area contributed by atoms with Crippen LogP contribution in [0, 0.1) is 12.7 Å². The SMILES string of the molecule is COc1c(Nc2cc(Cc3cc(C)c(F)cn3)nc3c2C(=O)N(C)C3)cccc1C(N)=O. The van der Waals surface area contributed by atoms with Gasteiger partial charge in [-0.1, -0.05) is 6.07 Å². The molecule has 2 aromatic heterocycles. The predicted octanol–water partition coefficient (Wildman–Crippen LogP) is 2.95. The number of benzene rings is 1. The lowest BCUT2D eigenvalue weighted by molar-refractivity contribution is 0.0816. The van der Waals surface area contributed by atoms with E-state index < -0.39 is 5.91 Å². The van der Waals surface area contributed by atoms with Crippen LogP contribution >= 0.6 is 0 Å². The van der Waals surface area contributed by atoms with Crippen LogP contribution in [0.1, 0.15) is 43.4 Å². The minimum absolute atomic E-state index is 0.165. The van der Waals surface area contributed by atoms with Gasteiger partial charge in [0.1, 0.15) is 5.82 Å². The van der Waals surface area contributed by atoms with Crippen LogP contribution < -0.4 is 15.8 Å². The van der Waals surface area contributed by atoms with E-state index in [1.807, 2.05) is 0 Å². The summed E-state index contributed by atoms with van der Waals surface area (Å²) in [5.41, 5.74) is 9.60. The number of anilines is 2. The number of nitrogens with zero attached hydrogens (tertiary/aromatic N) is 3. The molecule has 3 aromatic rings. The van der Waals surface area contributed by atoms with Crippen molar-refractivity contribution in [3.8, 4) is 5.75 Å². The monoisotopic (exact) mass is 435 g/mol. The van der Waals surface area contributed by atoms with Gasteiger partial charge in [-0.05, 0) is 36.8 Å². The number of methoxy groups -OCH3 is 1. The number of nitrogens with one attached hydrogen (secondary N) is 1. The van der Waals surface area contributed by atoms with E-state index >= 15 is 0 Å². The maximum Gasteiger partial charge on any atom is 0.257 e. The molecule has 2 amide bonds. The van der Waals surface area contributed by atoms with Crippen molar-refractivity contribution in [2.75, 3.05) is 19.5 Å². The van der Waals surface area contributed by atoms with Crippen molar-refractivity contribution >= 4 is 23.2 Å². The highest BCUT2D eigenvalue weighted by Crippen LogP contribution is 2.35. The molecule has 0 bridgehead atoms. The van der Waals surface area contributed by atoms with Gasteiger partial charge in [0, 0.05) is 24.9 Å². The van der Waals surface area contributed by atoms with Crippen LogP contribution in [-0.4, -0.2) is 40.8 Å². The van der Waals surface area contributed by atoms with Gasteiger partial charge in [-0.15, -0.1) is 0 Å². The second-order valence-corrected chi connectivity index (χ2v) is 7.62. The molecule has 164 valence electrons. The van der Waals surface area contributed by atoms with Crippen LogP contribution in [0.3, 0.4) is 0 Å². The van der Waals surface area contributed by atoms with E-state index in [1.165, 1.54) is 13.3 Å². The third-order valence-electron chi connectivity index (χ3n) is 5.31. The highest BCUT2D eigenvalue weighted by atomic mass is 19.1. The first kappa shape index (κ1) is 21.2. The van der Waals surface area contributed by atoms with E-state index in [9.17, 15) is 14.0 Å². The average Bonchev–Trinajstić information content (AvgIpc) is 3.04. The molecule has 0 unspecified atom stereocenters. The first-order valence-corrected chi connectivity index (χ1v) is 9.91. The number of carbonyl (C=O) groups is 2. The van der Waals surface area contributed by atoms with Crippen LogP contribution in [0.5, 0.6) is 5.75 Å². The zero-order valence-electron chi connectivity index (χ0n) is 17.9. The van der Waals surface area contributed by atoms with Crippen LogP contribution in [0.2, 0.25) is 0 Å². The van der Waals surface area contributed by atoms with E-state index in [2.05, 4.69) is 15.3 Å². The molecule has 8 nitrogen and oxygen atoms in total. The predicted molar refractivity (Wildman–Crippen MR) is 117 cm³/mol. The second-order valence-electron chi connectivity index (χ2n) is 7.62. The van der Waals surface area contributed by atoms with Crippen molar-refractivity contribution in [2.45, 2.75) is 19.9 Å². The molecule has 1 aromatic carbocycles. The fraction of sp³-hybridized carbons (Fsp3) is 0.217. The van der Waals surface area contributed by atoms with E-state index in [-0.39, 0.29) is 23.0 Å². The summed E-state index contributed by atoms with van der Waals surface area (Å²) >= 11 is 0. The number of halogens is 1. The Balaban J connectivity index is 1.78. The summed E-state index contributed by atoms with van der Waals surface area (Å²) in [5.74, 6) is -0.879. The van der Waals surface area contributed by atoms with Gasteiger partial charge in [0.05, 0.1) is 48.0 Å². The van der Waals surface area contributed by atoms with Gasteiger partial charge in [0.25, 0.3) is 11.8 Å². The Bertz CT molecular complexity index is 1240. The van der Waals surface area contributed by atoms with Crippen LogP contribution in [-0.2, 0) is 13.0 Å². The molecule has 0 saturated carbocycles. The summed E-state index contributed by atoms with van der Waals surface area (Å²) in [4.78, 5) is 34.9. The summed E-state index contributed by atoms with van der Waals surface area (Å²) in [5, 5.41) is 3.22. The van der Waals surface area contributed by atoms with Crippen molar-refractivity contribution < 1.29 is 18.7 Å². The standard InChI is InChI=1S/C23H22FN5O3/c1-12-7-13(26-10-16(12)24)8-14-9-18(20-19(27-14)11-29(2)23(20)31)28-17-6-4-5-15(22(25)30)21(17)32-3/h4-7,9-10H,8,11H2,1-3H3,(H2,25,30)(H,27,28). The number of pyridine rings is 2. The van der Waals surface area contributed by atoms with Gasteiger partial charge in [-0.3, -0.25) is 19.6 Å². The Morgan fingerprint density at radius 1 is 1.28 bits per heavy atom. The van der Waals surface area contributed by atoms with Crippen molar-refractivity contribution in [2.24, 2.45) is 5.73 Å². The number of amides is 2. The molecule has 1 aliphatic heterocycles. The minimum atomic E-state index is -0.625. The highest BCUT2D eigenvalue weighted by molar-refractivity contribution is 6.04. The van der Waals surface area contributed by atoms with E-state index in [1.54, 1.807) is 49.2 Å². The largest absolute Gasteiger partial charge is 0.494 e. The maximum absolute atomic E-state index is 13.6. The van der Waals surface area contributed by atoms with Crippen LogP contribution in [0.15, 0.2) is 36.5 Å². The van der Waals surface area contributed by atoms with Gasteiger partial charge < -0.3 is 20.7 Å². The summed E-state index contributed by atoms with van der Waals surface area (Å²) in [6, 6.07) is 8.40. The van der Waals surface area contributed by atoms with Crippen molar-refractivity contribution in [3.05, 3.63) is 76.1 Å². The Kier molecular flexibility index (Phi) is 5.48. The van der Waals surface area contributed by atoms with Gasteiger partial charge in [0.15, 0.2) is 5.75 Å². The molecular weight excluding hydrogens is 413 g/mol. The third kappa shape index (κ3) is 3.84. The number of carbonyl (C=O) groups excluding carboxylic acids is 2. The molecule has 9 heteroatoms. The summed E-state index contributed by atoms with van der Waals surface area (Å²) in [6.07, 6.45) is 1.55. The van der Waals surface area contributed by atoms with Crippen molar-refractivity contribution in [1.82, 2.24) is 14.9 Å². The molecule has 0 saturated heterocycles. The van der Waals surface area contributed by atoms with E-state index in [0.717, 1.165) is 0 Å². The van der Waals surface area contributed by atoms with Crippen molar-refractivity contribution in [3.63, 3.8) is 0 Å². The lowest BCUT2D eigenvalue weighted by Gasteiger charge is -2.16. The summed E-state index contributed by atoms with van der Waals surface area (Å²) < 4.78 is 19.0. The molecule has 0 aliphatic carbocycles. The first-order valence-electron chi connectivity index (χ1n) is 9.91. The normalized spacial score (nSPS) is 12.6. The number of rotatable bonds is 6. The number of nitrogens with two attached hydrogens (primary N) is 1. The quantitative estimate of drug-likeness (QED) is 0.616. The van der Waals surface area contributed by atoms with Crippen molar-refractivity contribution in [1.29, 1.82) is 0 Å². The molecule has 32 heavy (non-hydrogen) atoms. The molecule has 0 spiro atoms. The lowest BCUT2D eigenvalue weighted by Crippen LogP contribution is -2.18. The summed E-state index contributed by atoms with van der Waals surface area (Å²) in [6.45, 7) is 2.04. The Hall–Kier alpha value is -4.01. The number of primary amides is 1. The molecular formula is C23H22FN5O3. The molecule has 1 aliphatic rings. The Labute approximate surface area is 184 Å². The Morgan fingerprint density at radius 3 is 2.75 bits per heavy atom. The maximum atomic E-state index is 13.6. The Morgan fingerprint density at radius 2 is 2.06 bits per heavy atom. The fourth-order valence-electron chi connectivity index (χ4n) is 3.76. The zero-order valence-corrected chi connectivity index (χ0v) is 17.9. The third-order valence-corrected chi connectivity index (χ3v) is 5.31. The van der Waals surface area contributed by atoms with Gasteiger partial charge in [-0.2, -0.15) is 0 Å². The van der Waals surface area contributed by atoms with Gasteiger partial charge >= 0.3 is 0 Å². The second kappa shape index (κ2) is 8.26. The van der Waals surface area contributed by atoms with Crippen LogP contribution in [0.4, 0.5) is 15.8 Å². The summed E-state index contributed by atoms with van der Waals surface area (Å²) in [7, 11) is 3.14. The lowest BCUT2D eigenvalue weighted by atomic mass is 10.1. The topological polar surface area (TPSA) is 110 Å². The van der Waals surface area contributed by atoms with Gasteiger partial charge in [-0.25, -0.2) is 4.39 Å². The number of fused-ring (bicyclic) bond motifs is 1. The minimum Gasteiger partial charge on any atom is -0.494 e. The highest BCUT2D eigenvalue weighted by Gasteiger charge is 2.30. The number of aromatic nitrogens is 2. The smallest absolute Gasteiger partial charge is 0.257 e. The number of para-hydroxylation sites is 1. The number of ether oxygens (including phenoxy) is 1. The number of aryl methyl sites for hydroxylation is 1. The van der Waals surface area contributed by atoms with E-state index in [4.69, 9.17) is 10.5 Å². The molecule has 4 rings (SSSR count). The molecule has 3 heterocycles. The number of hydrogen-bond acceptors (Lipinski definition) is 6. The first-order chi connectivity index (χ1) is 15.3. The van der Waals surface area contributed by atoms with Gasteiger partial charge in [0.2, 0.25) is 0 Å². The van der Waals surface area contributed by atoms with Crippen LogP contribution in [0.25, 0.3) is 0 Å². The van der Waals surface area contributed by atoms with E-state index in [0.29, 0.717) is 52.5 Å². The molecule has 3 N–H and O–H groups in total. The zero-order chi connectivity index (χ0) is 23.0. The molecule has 0 atom stereocenters. The average molecular weight is 435 g/mol. The molecule has 0 radical (unpaired) electrons. The number of hydrogen-bond donors (Lipinski definition) is 2. The fourth-order valence-corrected chi connectivity index (χ4v) is 3.76.